The first-order chi connectivity index (χ1) is 11.7. The molecule has 0 atom stereocenters. The molecule has 0 unspecified atom stereocenters. The van der Waals surface area contributed by atoms with Gasteiger partial charge in [0.2, 0.25) is 5.91 Å². The van der Waals surface area contributed by atoms with Gasteiger partial charge < -0.3 is 15.4 Å². The summed E-state index contributed by atoms with van der Waals surface area (Å²) in [5, 5.41) is 5.98. The molecule has 1 saturated carbocycles. The Morgan fingerprint density at radius 2 is 1.88 bits per heavy atom. The van der Waals surface area contributed by atoms with E-state index in [0.29, 0.717) is 23.5 Å². The maximum Gasteiger partial charge on any atom is 0.238 e. The second kappa shape index (κ2) is 7.93. The number of halogens is 1. The van der Waals surface area contributed by atoms with Gasteiger partial charge in [0.15, 0.2) is 0 Å². The largest absolute Gasteiger partial charge is 0.489 e. The van der Waals surface area contributed by atoms with Gasteiger partial charge in [-0.15, -0.1) is 0 Å². The van der Waals surface area contributed by atoms with Crippen LogP contribution in [0.15, 0.2) is 48.5 Å². The van der Waals surface area contributed by atoms with Gasteiger partial charge in [0.25, 0.3) is 0 Å². The van der Waals surface area contributed by atoms with Crippen LogP contribution in [0.5, 0.6) is 5.75 Å². The Kier molecular flexibility index (Phi) is 5.43. The molecule has 2 aromatic rings. The topological polar surface area (TPSA) is 50.4 Å². The summed E-state index contributed by atoms with van der Waals surface area (Å²) in [5.41, 5.74) is 1.23. The Morgan fingerprint density at radius 1 is 1.12 bits per heavy atom. The van der Waals surface area contributed by atoms with Crippen molar-refractivity contribution >= 4 is 11.6 Å². The number of ether oxygens (including phenoxy) is 1. The maximum atomic E-state index is 13.5. The minimum Gasteiger partial charge on any atom is -0.489 e. The number of anilines is 1. The summed E-state index contributed by atoms with van der Waals surface area (Å²) >= 11 is 0. The highest BCUT2D eigenvalue weighted by Crippen LogP contribution is 2.27. The Morgan fingerprint density at radius 3 is 2.58 bits per heavy atom. The quantitative estimate of drug-likeness (QED) is 0.781. The SMILES string of the molecule is O=C(CNCC1CC1)Nc1ccc(OCc2ccccc2F)cc1. The smallest absolute Gasteiger partial charge is 0.238 e. The summed E-state index contributed by atoms with van der Waals surface area (Å²) in [6.07, 6.45) is 2.53. The molecule has 5 heteroatoms. The molecule has 1 fully saturated rings. The third-order valence-corrected chi connectivity index (χ3v) is 3.91. The lowest BCUT2D eigenvalue weighted by atomic mass is 10.2. The molecule has 0 heterocycles. The minimum atomic E-state index is -0.278. The fourth-order valence-electron chi connectivity index (χ4n) is 2.33. The average Bonchev–Trinajstić information content (AvgIpc) is 3.40. The molecule has 126 valence electrons. The molecule has 3 rings (SSSR count). The van der Waals surface area contributed by atoms with Gasteiger partial charge >= 0.3 is 0 Å². The summed E-state index contributed by atoms with van der Waals surface area (Å²) in [6, 6.07) is 13.6. The highest BCUT2D eigenvalue weighted by Gasteiger charge is 2.20. The number of hydrogen-bond donors (Lipinski definition) is 2. The number of benzene rings is 2. The molecule has 0 spiro atoms. The third kappa shape index (κ3) is 5.06. The molecular formula is C19H21FN2O2. The summed E-state index contributed by atoms with van der Waals surface area (Å²) in [4.78, 5) is 11.8. The Bertz CT molecular complexity index is 684. The van der Waals surface area contributed by atoms with Crippen molar-refractivity contribution in [1.82, 2.24) is 5.32 Å². The lowest BCUT2D eigenvalue weighted by Gasteiger charge is -2.09. The number of carbonyl (C=O) groups is 1. The highest BCUT2D eigenvalue weighted by atomic mass is 19.1. The molecule has 1 amide bonds. The van der Waals surface area contributed by atoms with E-state index >= 15 is 0 Å². The van der Waals surface area contributed by atoms with Crippen LogP contribution in [0.25, 0.3) is 0 Å². The van der Waals surface area contributed by atoms with E-state index in [1.165, 1.54) is 18.9 Å². The predicted octanol–water partition coefficient (Wildman–Crippen LogP) is 3.34. The summed E-state index contributed by atoms with van der Waals surface area (Å²) in [6.45, 7) is 1.40. The molecule has 0 saturated heterocycles. The third-order valence-electron chi connectivity index (χ3n) is 3.91. The van der Waals surface area contributed by atoms with Crippen molar-refractivity contribution in [1.29, 1.82) is 0 Å². The second-order valence-corrected chi connectivity index (χ2v) is 6.03. The van der Waals surface area contributed by atoms with E-state index in [1.807, 2.05) is 0 Å². The molecule has 0 radical (unpaired) electrons. The standard InChI is InChI=1S/C19H21FN2O2/c20-18-4-2-1-3-15(18)13-24-17-9-7-16(8-10-17)22-19(23)12-21-11-14-5-6-14/h1-4,7-10,14,21H,5-6,11-13H2,(H,22,23). The van der Waals surface area contributed by atoms with E-state index < -0.39 is 0 Å². The van der Waals surface area contributed by atoms with E-state index in [-0.39, 0.29) is 18.3 Å². The lowest BCUT2D eigenvalue weighted by Crippen LogP contribution is -2.29. The predicted molar refractivity (Wildman–Crippen MR) is 91.4 cm³/mol. The molecule has 1 aliphatic carbocycles. The van der Waals surface area contributed by atoms with Gasteiger partial charge in [-0.25, -0.2) is 4.39 Å². The van der Waals surface area contributed by atoms with Crippen LogP contribution in [0, 0.1) is 11.7 Å². The molecule has 4 nitrogen and oxygen atoms in total. The van der Waals surface area contributed by atoms with Gasteiger partial charge in [0.05, 0.1) is 6.54 Å². The zero-order chi connectivity index (χ0) is 16.8. The van der Waals surface area contributed by atoms with Gasteiger partial charge in [0, 0.05) is 11.3 Å². The molecular weight excluding hydrogens is 307 g/mol. The Hall–Kier alpha value is -2.40. The first-order valence-corrected chi connectivity index (χ1v) is 8.17. The molecule has 0 aliphatic heterocycles. The van der Waals surface area contributed by atoms with E-state index in [1.54, 1.807) is 42.5 Å². The van der Waals surface area contributed by atoms with Crippen molar-refractivity contribution in [2.45, 2.75) is 19.4 Å². The molecule has 1 aliphatic rings. The van der Waals surface area contributed by atoms with E-state index in [9.17, 15) is 9.18 Å². The Balaban J connectivity index is 1.44. The Labute approximate surface area is 141 Å². The van der Waals surface area contributed by atoms with Crippen LogP contribution >= 0.6 is 0 Å². The van der Waals surface area contributed by atoms with Crippen molar-refractivity contribution in [3.05, 3.63) is 59.9 Å². The van der Waals surface area contributed by atoms with Gasteiger partial charge in [-0.2, -0.15) is 0 Å². The highest BCUT2D eigenvalue weighted by molar-refractivity contribution is 5.92. The van der Waals surface area contributed by atoms with Crippen LogP contribution in [0.2, 0.25) is 0 Å². The van der Waals surface area contributed by atoms with Crippen molar-refractivity contribution in [3.63, 3.8) is 0 Å². The van der Waals surface area contributed by atoms with Gasteiger partial charge in [-0.1, -0.05) is 18.2 Å². The number of carbonyl (C=O) groups excluding carboxylic acids is 1. The van der Waals surface area contributed by atoms with Crippen molar-refractivity contribution in [3.8, 4) is 5.75 Å². The first-order valence-electron chi connectivity index (χ1n) is 8.17. The van der Waals surface area contributed by atoms with Gasteiger partial charge in [-0.3, -0.25) is 4.79 Å². The molecule has 0 aromatic heterocycles. The van der Waals surface area contributed by atoms with Crippen LogP contribution < -0.4 is 15.4 Å². The van der Waals surface area contributed by atoms with Crippen molar-refractivity contribution in [2.24, 2.45) is 5.92 Å². The van der Waals surface area contributed by atoms with Gasteiger partial charge in [-0.05, 0) is 55.6 Å². The number of rotatable bonds is 8. The molecule has 24 heavy (non-hydrogen) atoms. The molecule has 2 aromatic carbocycles. The summed E-state index contributed by atoms with van der Waals surface area (Å²) < 4.78 is 19.1. The molecule has 0 bridgehead atoms. The van der Waals surface area contributed by atoms with Crippen LogP contribution in [0.1, 0.15) is 18.4 Å². The second-order valence-electron chi connectivity index (χ2n) is 6.03. The maximum absolute atomic E-state index is 13.5. The van der Waals surface area contributed by atoms with E-state index in [0.717, 1.165) is 12.5 Å². The fraction of sp³-hybridized carbons (Fsp3) is 0.316. The van der Waals surface area contributed by atoms with E-state index in [4.69, 9.17) is 4.74 Å². The minimum absolute atomic E-state index is 0.0596. The normalized spacial score (nSPS) is 13.5. The van der Waals surface area contributed by atoms with Crippen LogP contribution in [0.3, 0.4) is 0 Å². The monoisotopic (exact) mass is 328 g/mol. The van der Waals surface area contributed by atoms with E-state index in [2.05, 4.69) is 10.6 Å². The van der Waals surface area contributed by atoms with Crippen molar-refractivity contribution < 1.29 is 13.9 Å². The lowest BCUT2D eigenvalue weighted by molar-refractivity contribution is -0.115. The number of hydrogen-bond acceptors (Lipinski definition) is 3. The summed E-state index contributed by atoms with van der Waals surface area (Å²) in [5.74, 6) is 1.04. The zero-order valence-corrected chi connectivity index (χ0v) is 13.4. The fourth-order valence-corrected chi connectivity index (χ4v) is 2.33. The van der Waals surface area contributed by atoms with Crippen LogP contribution in [-0.4, -0.2) is 19.0 Å². The first kappa shape index (κ1) is 16.5. The van der Waals surface area contributed by atoms with Crippen molar-refractivity contribution in [2.75, 3.05) is 18.4 Å². The van der Waals surface area contributed by atoms with Crippen LogP contribution in [0.4, 0.5) is 10.1 Å². The number of nitrogens with one attached hydrogen (secondary N) is 2. The van der Waals surface area contributed by atoms with Gasteiger partial charge in [0.1, 0.15) is 18.2 Å². The molecule has 2 N–H and O–H groups in total. The zero-order valence-electron chi connectivity index (χ0n) is 13.4. The van der Waals surface area contributed by atoms with Crippen LogP contribution in [-0.2, 0) is 11.4 Å². The number of amides is 1. The summed E-state index contributed by atoms with van der Waals surface area (Å²) in [7, 11) is 0. The average molecular weight is 328 g/mol.